The minimum Gasteiger partial charge on any atom is -0.406 e. The van der Waals surface area contributed by atoms with E-state index in [2.05, 4.69) is 20.7 Å². The Morgan fingerprint density at radius 1 is 1.29 bits per heavy atom. The van der Waals surface area contributed by atoms with Gasteiger partial charge in [0.1, 0.15) is 5.75 Å². The summed E-state index contributed by atoms with van der Waals surface area (Å²) in [4.78, 5) is -0.325. The third kappa shape index (κ3) is 4.17. The van der Waals surface area contributed by atoms with Crippen LogP contribution in [0.4, 0.5) is 13.2 Å². The molecule has 1 N–H and O–H groups in total. The summed E-state index contributed by atoms with van der Waals surface area (Å²) in [6, 6.07) is 2.96. The molecule has 1 aromatic carbocycles. The molecule has 0 unspecified atom stereocenters. The zero-order valence-electron chi connectivity index (χ0n) is 8.38. The summed E-state index contributed by atoms with van der Waals surface area (Å²) in [5.74, 6) is -0.610. The third-order valence-corrected chi connectivity index (χ3v) is 3.51. The van der Waals surface area contributed by atoms with Gasteiger partial charge in [-0.05, 0) is 19.2 Å². The van der Waals surface area contributed by atoms with E-state index in [1.54, 1.807) is 0 Å². The Hall–Kier alpha value is -0.800. The van der Waals surface area contributed by atoms with E-state index in [4.69, 9.17) is 0 Å². The van der Waals surface area contributed by atoms with Crippen LogP contribution in [-0.2, 0) is 10.0 Å². The van der Waals surface area contributed by atoms with Crippen LogP contribution in [0.3, 0.4) is 0 Å². The van der Waals surface area contributed by atoms with Crippen molar-refractivity contribution in [1.82, 2.24) is 4.72 Å². The van der Waals surface area contributed by atoms with Crippen LogP contribution in [0.25, 0.3) is 0 Å². The molecule has 96 valence electrons. The second-order valence-electron chi connectivity index (χ2n) is 2.88. The Morgan fingerprint density at radius 3 is 2.35 bits per heavy atom. The van der Waals surface area contributed by atoms with E-state index < -0.39 is 22.1 Å². The number of rotatable bonds is 3. The number of hydrogen-bond donors (Lipinski definition) is 1. The summed E-state index contributed by atoms with van der Waals surface area (Å²) < 4.78 is 64.5. The van der Waals surface area contributed by atoms with Crippen LogP contribution in [0.1, 0.15) is 0 Å². The van der Waals surface area contributed by atoms with Crippen molar-refractivity contribution in [3.8, 4) is 5.75 Å². The predicted octanol–water partition coefficient (Wildman–Crippen LogP) is 2.26. The SMILES string of the molecule is CNS(=O)(=O)c1cc(Br)cc(OC(F)(F)F)c1. The van der Waals surface area contributed by atoms with Gasteiger partial charge in [-0.1, -0.05) is 15.9 Å². The van der Waals surface area contributed by atoms with Crippen molar-refractivity contribution < 1.29 is 26.3 Å². The van der Waals surface area contributed by atoms with Gasteiger partial charge in [-0.3, -0.25) is 0 Å². The number of benzene rings is 1. The Morgan fingerprint density at radius 2 is 1.88 bits per heavy atom. The normalized spacial score (nSPS) is 12.5. The largest absolute Gasteiger partial charge is 0.573 e. The van der Waals surface area contributed by atoms with Gasteiger partial charge in [0.25, 0.3) is 0 Å². The lowest BCUT2D eigenvalue weighted by molar-refractivity contribution is -0.274. The van der Waals surface area contributed by atoms with Crippen molar-refractivity contribution in [1.29, 1.82) is 0 Å². The molecule has 9 heteroatoms. The van der Waals surface area contributed by atoms with E-state index in [0.717, 1.165) is 25.2 Å². The van der Waals surface area contributed by atoms with Crippen LogP contribution in [0.2, 0.25) is 0 Å². The average molecular weight is 334 g/mol. The lowest BCUT2D eigenvalue weighted by Crippen LogP contribution is -2.20. The molecule has 0 spiro atoms. The van der Waals surface area contributed by atoms with Gasteiger partial charge in [-0.2, -0.15) is 0 Å². The van der Waals surface area contributed by atoms with Crippen LogP contribution >= 0.6 is 15.9 Å². The van der Waals surface area contributed by atoms with Crippen molar-refractivity contribution in [2.45, 2.75) is 11.3 Å². The minimum atomic E-state index is -4.87. The summed E-state index contributed by atoms with van der Waals surface area (Å²) in [6.45, 7) is 0. The summed E-state index contributed by atoms with van der Waals surface area (Å²) in [7, 11) is -2.67. The standard InChI is InChI=1S/C8H7BrF3NO3S/c1-13-17(14,15)7-3-5(9)2-6(4-7)16-8(10,11)12/h2-4,13H,1H3. The van der Waals surface area contributed by atoms with Gasteiger partial charge < -0.3 is 4.74 Å². The number of hydrogen-bond acceptors (Lipinski definition) is 3. The zero-order valence-corrected chi connectivity index (χ0v) is 10.8. The highest BCUT2D eigenvalue weighted by molar-refractivity contribution is 9.10. The smallest absolute Gasteiger partial charge is 0.406 e. The number of ether oxygens (including phenoxy) is 1. The van der Waals surface area contributed by atoms with Gasteiger partial charge in [0.05, 0.1) is 4.90 Å². The predicted molar refractivity (Wildman–Crippen MR) is 57.1 cm³/mol. The van der Waals surface area contributed by atoms with Crippen LogP contribution in [0.5, 0.6) is 5.75 Å². The first-order chi connectivity index (χ1) is 7.64. The van der Waals surface area contributed by atoms with E-state index in [-0.39, 0.29) is 9.37 Å². The van der Waals surface area contributed by atoms with E-state index in [1.807, 2.05) is 4.72 Å². The van der Waals surface area contributed by atoms with Gasteiger partial charge in [0, 0.05) is 10.5 Å². The monoisotopic (exact) mass is 333 g/mol. The van der Waals surface area contributed by atoms with Gasteiger partial charge >= 0.3 is 6.36 Å². The fourth-order valence-corrected chi connectivity index (χ4v) is 2.42. The van der Waals surface area contributed by atoms with Crippen molar-refractivity contribution in [2.24, 2.45) is 0 Å². The molecule has 0 aliphatic carbocycles. The highest BCUT2D eigenvalue weighted by Crippen LogP contribution is 2.28. The molecule has 1 aromatic rings. The minimum absolute atomic E-state index is 0.160. The molecule has 17 heavy (non-hydrogen) atoms. The first-order valence-corrected chi connectivity index (χ1v) is 6.41. The zero-order chi connectivity index (χ0) is 13.3. The average Bonchev–Trinajstić information content (AvgIpc) is 2.14. The second-order valence-corrected chi connectivity index (χ2v) is 5.68. The molecule has 4 nitrogen and oxygen atoms in total. The molecule has 0 heterocycles. The van der Waals surface area contributed by atoms with Crippen molar-refractivity contribution in [3.05, 3.63) is 22.7 Å². The maximum Gasteiger partial charge on any atom is 0.573 e. The Kier molecular flexibility index (Phi) is 4.05. The molecule has 0 saturated heterocycles. The lowest BCUT2D eigenvalue weighted by Gasteiger charge is -2.11. The molecule has 0 bridgehead atoms. The maximum absolute atomic E-state index is 12.0. The lowest BCUT2D eigenvalue weighted by atomic mass is 10.3. The van der Waals surface area contributed by atoms with E-state index in [0.29, 0.717) is 0 Å². The quantitative estimate of drug-likeness (QED) is 0.923. The van der Waals surface area contributed by atoms with Gasteiger partial charge in [-0.25, -0.2) is 13.1 Å². The molecular weight excluding hydrogens is 327 g/mol. The molecule has 0 atom stereocenters. The summed E-state index contributed by atoms with van der Waals surface area (Å²) in [5.41, 5.74) is 0. The van der Waals surface area contributed by atoms with Crippen molar-refractivity contribution in [2.75, 3.05) is 7.05 Å². The maximum atomic E-state index is 12.0. The molecule has 1 rings (SSSR count). The highest BCUT2D eigenvalue weighted by atomic mass is 79.9. The van der Waals surface area contributed by atoms with Crippen molar-refractivity contribution >= 4 is 26.0 Å². The molecule has 0 radical (unpaired) electrons. The molecule has 0 aliphatic rings. The van der Waals surface area contributed by atoms with Crippen molar-refractivity contribution in [3.63, 3.8) is 0 Å². The van der Waals surface area contributed by atoms with Crippen LogP contribution in [0, 0.1) is 0 Å². The topological polar surface area (TPSA) is 55.4 Å². The highest BCUT2D eigenvalue weighted by Gasteiger charge is 2.31. The Bertz CT molecular complexity index is 515. The van der Waals surface area contributed by atoms with E-state index >= 15 is 0 Å². The van der Waals surface area contributed by atoms with Gasteiger partial charge in [-0.15, -0.1) is 13.2 Å². The number of nitrogens with one attached hydrogen (secondary N) is 1. The summed E-state index contributed by atoms with van der Waals surface area (Å²) in [6.07, 6.45) is -4.87. The molecule has 0 fully saturated rings. The first-order valence-electron chi connectivity index (χ1n) is 4.14. The molecule has 0 saturated carbocycles. The molecular formula is C8H7BrF3NO3S. The van der Waals surface area contributed by atoms with Crippen LogP contribution < -0.4 is 9.46 Å². The van der Waals surface area contributed by atoms with E-state index in [1.165, 1.54) is 0 Å². The Balaban J connectivity index is 3.21. The Labute approximate surface area is 104 Å². The number of halogens is 4. The van der Waals surface area contributed by atoms with Crippen LogP contribution in [0.15, 0.2) is 27.6 Å². The van der Waals surface area contributed by atoms with E-state index in [9.17, 15) is 21.6 Å². The molecule has 0 amide bonds. The fraction of sp³-hybridized carbons (Fsp3) is 0.250. The van der Waals surface area contributed by atoms with Crippen LogP contribution in [-0.4, -0.2) is 21.8 Å². The third-order valence-electron chi connectivity index (χ3n) is 1.66. The molecule has 0 aromatic heterocycles. The molecule has 0 aliphatic heterocycles. The second kappa shape index (κ2) is 4.83. The summed E-state index contributed by atoms with van der Waals surface area (Å²) in [5, 5.41) is 0. The number of alkyl halides is 3. The summed E-state index contributed by atoms with van der Waals surface area (Å²) >= 11 is 2.90. The first kappa shape index (κ1) is 14.3. The number of sulfonamides is 1. The fourth-order valence-electron chi connectivity index (χ4n) is 1.00. The van der Waals surface area contributed by atoms with Gasteiger partial charge in [0.15, 0.2) is 0 Å². The van der Waals surface area contributed by atoms with Gasteiger partial charge in [0.2, 0.25) is 10.0 Å².